The molecule has 84 valence electrons. The van der Waals surface area contributed by atoms with E-state index >= 15 is 0 Å². The van der Waals surface area contributed by atoms with Crippen molar-refractivity contribution >= 4 is 0 Å². The van der Waals surface area contributed by atoms with Crippen LogP contribution in [0.4, 0.5) is 0 Å². The minimum Gasteiger partial charge on any atom is -0.340 e. The average Bonchev–Trinajstić information content (AvgIpc) is 2.98. The standard InChI is InChI=1S/C10H18N4O/c1-8-12-10(13-15-8)7-11-5-6-14(2)9-3-4-9/h9,11H,3-7H2,1-2H3. The van der Waals surface area contributed by atoms with Crippen molar-refractivity contribution in [1.29, 1.82) is 0 Å². The predicted molar refractivity (Wildman–Crippen MR) is 56.4 cm³/mol. The van der Waals surface area contributed by atoms with E-state index in [1.54, 1.807) is 6.92 Å². The molecule has 15 heavy (non-hydrogen) atoms. The van der Waals surface area contributed by atoms with Gasteiger partial charge in [-0.25, -0.2) is 0 Å². The predicted octanol–water partition coefficient (Wildman–Crippen LogP) is 0.562. The Morgan fingerprint density at radius 2 is 2.33 bits per heavy atom. The molecule has 2 rings (SSSR count). The molecule has 5 heteroatoms. The maximum atomic E-state index is 4.88. The van der Waals surface area contributed by atoms with Crippen LogP contribution in [0.25, 0.3) is 0 Å². The van der Waals surface area contributed by atoms with Gasteiger partial charge in [-0.15, -0.1) is 0 Å². The second-order valence-corrected chi connectivity index (χ2v) is 4.12. The molecule has 0 spiro atoms. The van der Waals surface area contributed by atoms with Gasteiger partial charge in [0.25, 0.3) is 0 Å². The molecule has 1 saturated carbocycles. The first-order valence-electron chi connectivity index (χ1n) is 5.46. The van der Waals surface area contributed by atoms with Gasteiger partial charge in [-0.2, -0.15) is 4.98 Å². The fourth-order valence-corrected chi connectivity index (χ4v) is 1.57. The molecule has 0 bridgehead atoms. The molecule has 1 aliphatic carbocycles. The molecular weight excluding hydrogens is 192 g/mol. The molecular formula is C10H18N4O. The molecule has 1 N–H and O–H groups in total. The number of aryl methyl sites for hydroxylation is 1. The van der Waals surface area contributed by atoms with Crippen LogP contribution < -0.4 is 5.32 Å². The summed E-state index contributed by atoms with van der Waals surface area (Å²) in [5.74, 6) is 1.36. The SMILES string of the molecule is Cc1nc(CNCCN(C)C2CC2)no1. The minimum absolute atomic E-state index is 0.627. The van der Waals surface area contributed by atoms with Gasteiger partial charge in [0.05, 0.1) is 6.54 Å². The molecule has 1 aliphatic rings. The van der Waals surface area contributed by atoms with E-state index in [1.807, 2.05) is 0 Å². The fourth-order valence-electron chi connectivity index (χ4n) is 1.57. The van der Waals surface area contributed by atoms with E-state index in [1.165, 1.54) is 12.8 Å². The van der Waals surface area contributed by atoms with Crippen LogP contribution in [-0.4, -0.2) is 41.2 Å². The molecule has 0 amide bonds. The third-order valence-electron chi connectivity index (χ3n) is 2.66. The number of hydrogen-bond acceptors (Lipinski definition) is 5. The van der Waals surface area contributed by atoms with Gasteiger partial charge in [0.15, 0.2) is 5.82 Å². The first-order valence-corrected chi connectivity index (χ1v) is 5.46. The van der Waals surface area contributed by atoms with Crippen molar-refractivity contribution < 1.29 is 4.52 Å². The van der Waals surface area contributed by atoms with Crippen LogP contribution in [-0.2, 0) is 6.54 Å². The van der Waals surface area contributed by atoms with Crippen molar-refractivity contribution in [2.75, 3.05) is 20.1 Å². The summed E-state index contributed by atoms with van der Waals surface area (Å²) in [6.07, 6.45) is 2.72. The van der Waals surface area contributed by atoms with Crippen LogP contribution in [0.2, 0.25) is 0 Å². The normalized spacial score (nSPS) is 16.2. The maximum Gasteiger partial charge on any atom is 0.223 e. The van der Waals surface area contributed by atoms with Gasteiger partial charge in [-0.05, 0) is 19.9 Å². The van der Waals surface area contributed by atoms with Crippen LogP contribution >= 0.6 is 0 Å². The van der Waals surface area contributed by atoms with E-state index in [2.05, 4.69) is 27.4 Å². The Hall–Kier alpha value is -0.940. The number of nitrogens with one attached hydrogen (secondary N) is 1. The average molecular weight is 210 g/mol. The van der Waals surface area contributed by atoms with Gasteiger partial charge in [-0.3, -0.25) is 0 Å². The summed E-state index contributed by atoms with van der Waals surface area (Å²) < 4.78 is 4.88. The first-order chi connectivity index (χ1) is 7.25. The molecule has 0 radical (unpaired) electrons. The number of nitrogens with zero attached hydrogens (tertiary/aromatic N) is 3. The summed E-state index contributed by atoms with van der Waals surface area (Å²) in [6.45, 7) is 4.55. The Morgan fingerprint density at radius 1 is 1.53 bits per heavy atom. The molecule has 1 aromatic heterocycles. The molecule has 1 heterocycles. The van der Waals surface area contributed by atoms with Crippen molar-refractivity contribution in [2.24, 2.45) is 0 Å². The highest BCUT2D eigenvalue weighted by Crippen LogP contribution is 2.24. The Kier molecular flexibility index (Phi) is 3.33. The summed E-state index contributed by atoms with van der Waals surface area (Å²) in [7, 11) is 2.18. The molecule has 0 saturated heterocycles. The van der Waals surface area contributed by atoms with E-state index in [-0.39, 0.29) is 0 Å². The zero-order chi connectivity index (χ0) is 10.7. The van der Waals surface area contributed by atoms with Crippen LogP contribution in [0.3, 0.4) is 0 Å². The Morgan fingerprint density at radius 3 is 2.93 bits per heavy atom. The Labute approximate surface area is 89.8 Å². The second kappa shape index (κ2) is 4.72. The molecule has 5 nitrogen and oxygen atoms in total. The topological polar surface area (TPSA) is 54.2 Å². The quantitative estimate of drug-likeness (QED) is 0.695. The number of likely N-dealkylation sites (N-methyl/N-ethyl adjacent to an activating group) is 1. The highest BCUT2D eigenvalue weighted by Gasteiger charge is 2.25. The van der Waals surface area contributed by atoms with E-state index < -0.39 is 0 Å². The fraction of sp³-hybridized carbons (Fsp3) is 0.800. The van der Waals surface area contributed by atoms with Crippen molar-refractivity contribution in [3.05, 3.63) is 11.7 Å². The summed E-state index contributed by atoms with van der Waals surface area (Å²) in [5.41, 5.74) is 0. The van der Waals surface area contributed by atoms with Crippen LogP contribution in [0.5, 0.6) is 0 Å². The summed E-state index contributed by atoms with van der Waals surface area (Å²) in [6, 6.07) is 0.833. The monoisotopic (exact) mass is 210 g/mol. The summed E-state index contributed by atoms with van der Waals surface area (Å²) in [5, 5.41) is 7.12. The maximum absolute atomic E-state index is 4.88. The van der Waals surface area contributed by atoms with E-state index in [0.29, 0.717) is 12.4 Å². The second-order valence-electron chi connectivity index (χ2n) is 4.12. The van der Waals surface area contributed by atoms with Crippen LogP contribution in [0.15, 0.2) is 4.52 Å². The lowest BCUT2D eigenvalue weighted by atomic mass is 10.5. The van der Waals surface area contributed by atoms with E-state index in [9.17, 15) is 0 Å². The largest absolute Gasteiger partial charge is 0.340 e. The highest BCUT2D eigenvalue weighted by molar-refractivity contribution is 4.84. The number of rotatable bonds is 6. The lowest BCUT2D eigenvalue weighted by molar-refractivity contribution is 0.320. The molecule has 0 atom stereocenters. The Bertz CT molecular complexity index is 308. The third kappa shape index (κ3) is 3.28. The third-order valence-corrected chi connectivity index (χ3v) is 2.66. The lowest BCUT2D eigenvalue weighted by Gasteiger charge is -2.15. The molecule has 0 aromatic carbocycles. The zero-order valence-electron chi connectivity index (χ0n) is 9.36. The number of aromatic nitrogens is 2. The van der Waals surface area contributed by atoms with E-state index in [4.69, 9.17) is 4.52 Å². The van der Waals surface area contributed by atoms with Gasteiger partial charge in [0, 0.05) is 26.1 Å². The molecule has 0 aliphatic heterocycles. The van der Waals surface area contributed by atoms with Gasteiger partial charge < -0.3 is 14.7 Å². The van der Waals surface area contributed by atoms with Gasteiger partial charge in [0.1, 0.15) is 0 Å². The summed E-state index contributed by atoms with van der Waals surface area (Å²) in [4.78, 5) is 6.52. The van der Waals surface area contributed by atoms with Gasteiger partial charge >= 0.3 is 0 Å². The highest BCUT2D eigenvalue weighted by atomic mass is 16.5. The summed E-state index contributed by atoms with van der Waals surface area (Å²) >= 11 is 0. The number of hydrogen-bond donors (Lipinski definition) is 1. The minimum atomic E-state index is 0.627. The van der Waals surface area contributed by atoms with Crippen LogP contribution in [0, 0.1) is 6.92 Å². The van der Waals surface area contributed by atoms with Gasteiger partial charge in [-0.1, -0.05) is 5.16 Å². The zero-order valence-corrected chi connectivity index (χ0v) is 9.36. The van der Waals surface area contributed by atoms with Crippen LogP contribution in [0.1, 0.15) is 24.6 Å². The van der Waals surface area contributed by atoms with Crippen molar-refractivity contribution in [1.82, 2.24) is 20.4 Å². The smallest absolute Gasteiger partial charge is 0.223 e. The first kappa shape index (κ1) is 10.6. The Balaban J connectivity index is 1.58. The van der Waals surface area contributed by atoms with Crippen molar-refractivity contribution in [2.45, 2.75) is 32.4 Å². The van der Waals surface area contributed by atoms with E-state index in [0.717, 1.165) is 25.0 Å². The van der Waals surface area contributed by atoms with Crippen molar-refractivity contribution in [3.8, 4) is 0 Å². The molecule has 1 fully saturated rings. The lowest BCUT2D eigenvalue weighted by Crippen LogP contribution is -2.30. The molecule has 1 aromatic rings. The van der Waals surface area contributed by atoms with Crippen molar-refractivity contribution in [3.63, 3.8) is 0 Å². The van der Waals surface area contributed by atoms with Gasteiger partial charge in [0.2, 0.25) is 5.89 Å². The molecule has 0 unspecified atom stereocenters.